The van der Waals surface area contributed by atoms with E-state index >= 15 is 0 Å². The second-order valence-corrected chi connectivity index (χ2v) is 8.89. The molecule has 4 nitrogen and oxygen atoms in total. The van der Waals surface area contributed by atoms with E-state index in [1.54, 1.807) is 17.3 Å². The van der Waals surface area contributed by atoms with Gasteiger partial charge in [-0.3, -0.25) is 14.7 Å². The minimum absolute atomic E-state index is 0.0690. The second-order valence-electron chi connectivity index (χ2n) is 7.22. The van der Waals surface area contributed by atoms with Crippen LogP contribution < -0.4 is 4.90 Å². The van der Waals surface area contributed by atoms with Crippen LogP contribution in [0.2, 0.25) is 0 Å². The van der Waals surface area contributed by atoms with Crippen LogP contribution in [0.3, 0.4) is 0 Å². The lowest BCUT2D eigenvalue weighted by Crippen LogP contribution is -2.27. The first-order valence-electron chi connectivity index (χ1n) is 9.42. The first-order valence-corrected chi connectivity index (χ1v) is 10.6. The van der Waals surface area contributed by atoms with Crippen LogP contribution in [0.25, 0.3) is 6.08 Å². The van der Waals surface area contributed by atoms with Gasteiger partial charge in [-0.05, 0) is 56.5 Å². The topological polar surface area (TPSA) is 38.1 Å². The zero-order valence-electron chi connectivity index (χ0n) is 15.6. The molecule has 0 unspecified atom stereocenters. The molecule has 3 heterocycles. The van der Waals surface area contributed by atoms with Crippen LogP contribution in [-0.2, 0) is 4.79 Å². The number of aryl methyl sites for hydroxylation is 1. The molecule has 1 amide bonds. The first kappa shape index (κ1) is 18.4. The molecular formula is C21H23N3OS2. The lowest BCUT2D eigenvalue weighted by molar-refractivity contribution is -0.113. The molecule has 4 rings (SSSR count). The smallest absolute Gasteiger partial charge is 0.270 e. The summed E-state index contributed by atoms with van der Waals surface area (Å²) < 4.78 is 3.02. The molecule has 0 N–H and O–H groups in total. The number of amides is 1. The fourth-order valence-electron chi connectivity index (χ4n) is 4.17. The summed E-state index contributed by atoms with van der Waals surface area (Å²) in [5, 5.41) is 0. The molecule has 1 aliphatic carbocycles. The third-order valence-corrected chi connectivity index (χ3v) is 6.75. The Kier molecular flexibility index (Phi) is 5.19. The van der Waals surface area contributed by atoms with E-state index in [1.807, 2.05) is 18.2 Å². The van der Waals surface area contributed by atoms with Gasteiger partial charge in [0.2, 0.25) is 0 Å². The van der Waals surface area contributed by atoms with E-state index in [-0.39, 0.29) is 5.91 Å². The summed E-state index contributed by atoms with van der Waals surface area (Å²) in [5.74, 6) is -0.0690. The van der Waals surface area contributed by atoms with Crippen molar-refractivity contribution in [3.8, 4) is 0 Å². The number of thioether (sulfide) groups is 1. The predicted octanol–water partition coefficient (Wildman–Crippen LogP) is 5.41. The van der Waals surface area contributed by atoms with Crippen LogP contribution in [-0.4, -0.2) is 19.8 Å². The quantitative estimate of drug-likeness (QED) is 0.513. The SMILES string of the molecule is Cc1cc(/C=C2\SC(=S)N(c3cccnc3)C2=O)c(C)n1C1CCCCC1. The molecule has 0 radical (unpaired) electrons. The molecule has 27 heavy (non-hydrogen) atoms. The lowest BCUT2D eigenvalue weighted by atomic mass is 9.95. The Morgan fingerprint density at radius 2 is 2.04 bits per heavy atom. The van der Waals surface area contributed by atoms with Gasteiger partial charge in [-0.25, -0.2) is 0 Å². The van der Waals surface area contributed by atoms with E-state index < -0.39 is 0 Å². The average molecular weight is 398 g/mol. The van der Waals surface area contributed by atoms with Crippen molar-refractivity contribution in [3.63, 3.8) is 0 Å². The third kappa shape index (κ3) is 3.48. The van der Waals surface area contributed by atoms with Crippen molar-refractivity contribution in [3.05, 3.63) is 52.4 Å². The van der Waals surface area contributed by atoms with Gasteiger partial charge in [-0.2, -0.15) is 0 Å². The van der Waals surface area contributed by atoms with Crippen molar-refractivity contribution in [2.24, 2.45) is 0 Å². The molecule has 2 aromatic heterocycles. The van der Waals surface area contributed by atoms with Crippen LogP contribution >= 0.6 is 24.0 Å². The Hall–Kier alpha value is -1.92. The Balaban J connectivity index is 1.64. The Morgan fingerprint density at radius 3 is 2.74 bits per heavy atom. The highest BCUT2D eigenvalue weighted by atomic mass is 32.2. The van der Waals surface area contributed by atoms with Crippen molar-refractivity contribution in [2.75, 3.05) is 4.90 Å². The molecule has 1 saturated heterocycles. The predicted molar refractivity (Wildman–Crippen MR) is 116 cm³/mol. The second kappa shape index (κ2) is 7.60. The highest BCUT2D eigenvalue weighted by Gasteiger charge is 2.33. The molecule has 1 aliphatic heterocycles. The normalized spacial score (nSPS) is 20.1. The van der Waals surface area contributed by atoms with Crippen LogP contribution in [0.5, 0.6) is 0 Å². The van der Waals surface area contributed by atoms with Gasteiger partial charge in [0.05, 0.1) is 16.8 Å². The maximum Gasteiger partial charge on any atom is 0.270 e. The maximum atomic E-state index is 12.9. The summed E-state index contributed by atoms with van der Waals surface area (Å²) >= 11 is 6.82. The van der Waals surface area contributed by atoms with Gasteiger partial charge in [0.25, 0.3) is 5.91 Å². The molecule has 2 aliphatic rings. The van der Waals surface area contributed by atoms with Gasteiger partial charge < -0.3 is 4.57 Å². The summed E-state index contributed by atoms with van der Waals surface area (Å²) in [6.45, 7) is 4.33. The van der Waals surface area contributed by atoms with E-state index in [0.717, 1.165) is 11.3 Å². The molecule has 0 aromatic carbocycles. The summed E-state index contributed by atoms with van der Waals surface area (Å²) in [7, 11) is 0. The van der Waals surface area contributed by atoms with Crippen LogP contribution in [0, 0.1) is 13.8 Å². The van der Waals surface area contributed by atoms with Crippen LogP contribution in [0.15, 0.2) is 35.5 Å². The molecular weight excluding hydrogens is 374 g/mol. The molecule has 0 spiro atoms. The zero-order chi connectivity index (χ0) is 19.0. The molecule has 140 valence electrons. The number of hydrogen-bond donors (Lipinski definition) is 0. The molecule has 1 saturated carbocycles. The number of pyridine rings is 1. The molecule has 2 fully saturated rings. The molecule has 0 atom stereocenters. The van der Waals surface area contributed by atoms with Gasteiger partial charge in [0.1, 0.15) is 0 Å². The number of thiocarbonyl (C=S) groups is 1. The standard InChI is InChI=1S/C21H23N3OS2/c1-14-11-16(15(2)23(14)17-7-4-3-5-8-17)12-19-20(25)24(21(26)27-19)18-9-6-10-22-13-18/h6,9-13,17H,3-5,7-8H2,1-2H3/b19-12-. The Labute approximate surface area is 169 Å². The third-order valence-electron chi connectivity index (χ3n) is 5.45. The Morgan fingerprint density at radius 1 is 1.26 bits per heavy atom. The van der Waals surface area contributed by atoms with E-state index in [9.17, 15) is 4.79 Å². The van der Waals surface area contributed by atoms with E-state index in [1.165, 1.54) is 55.3 Å². The van der Waals surface area contributed by atoms with Crippen molar-refractivity contribution in [1.82, 2.24) is 9.55 Å². The number of rotatable bonds is 3. The number of hydrogen-bond acceptors (Lipinski definition) is 4. The number of aromatic nitrogens is 2. The van der Waals surface area contributed by atoms with Gasteiger partial charge in [-0.1, -0.05) is 43.2 Å². The minimum atomic E-state index is -0.0690. The first-order chi connectivity index (χ1) is 13.1. The molecule has 6 heteroatoms. The van der Waals surface area contributed by atoms with Crippen LogP contribution in [0.1, 0.15) is 55.1 Å². The fourth-order valence-corrected chi connectivity index (χ4v) is 5.46. The van der Waals surface area contributed by atoms with Crippen molar-refractivity contribution in [1.29, 1.82) is 0 Å². The highest BCUT2D eigenvalue weighted by Crippen LogP contribution is 2.37. The van der Waals surface area contributed by atoms with Gasteiger partial charge in [-0.15, -0.1) is 0 Å². The monoisotopic (exact) mass is 397 g/mol. The lowest BCUT2D eigenvalue weighted by Gasteiger charge is -2.26. The van der Waals surface area contributed by atoms with E-state index in [2.05, 4.69) is 29.5 Å². The zero-order valence-corrected chi connectivity index (χ0v) is 17.3. The van der Waals surface area contributed by atoms with Crippen LogP contribution in [0.4, 0.5) is 5.69 Å². The minimum Gasteiger partial charge on any atom is -0.346 e. The summed E-state index contributed by atoms with van der Waals surface area (Å²) in [5.41, 5.74) is 4.35. The van der Waals surface area contributed by atoms with Crippen molar-refractivity contribution >= 4 is 46.0 Å². The van der Waals surface area contributed by atoms with E-state index in [0.29, 0.717) is 15.3 Å². The summed E-state index contributed by atoms with van der Waals surface area (Å²) in [4.78, 5) is 19.3. The highest BCUT2D eigenvalue weighted by molar-refractivity contribution is 8.27. The van der Waals surface area contributed by atoms with E-state index in [4.69, 9.17) is 12.2 Å². The summed E-state index contributed by atoms with van der Waals surface area (Å²) in [6, 6.07) is 6.46. The largest absolute Gasteiger partial charge is 0.346 e. The average Bonchev–Trinajstić information content (AvgIpc) is 3.11. The van der Waals surface area contributed by atoms with Gasteiger partial charge in [0.15, 0.2) is 4.32 Å². The number of nitrogens with zero attached hydrogens (tertiary/aromatic N) is 3. The number of carbonyl (C=O) groups excluding carboxylic acids is 1. The molecule has 2 aromatic rings. The summed E-state index contributed by atoms with van der Waals surface area (Å²) in [6.07, 6.45) is 11.8. The van der Waals surface area contributed by atoms with Gasteiger partial charge >= 0.3 is 0 Å². The van der Waals surface area contributed by atoms with Crippen molar-refractivity contribution < 1.29 is 4.79 Å². The fraction of sp³-hybridized carbons (Fsp3) is 0.381. The molecule has 0 bridgehead atoms. The Bertz CT molecular complexity index is 911. The number of anilines is 1. The van der Waals surface area contributed by atoms with Gasteiger partial charge in [0, 0.05) is 23.6 Å². The number of carbonyl (C=O) groups is 1. The van der Waals surface area contributed by atoms with Crippen molar-refractivity contribution in [2.45, 2.75) is 52.0 Å². The maximum absolute atomic E-state index is 12.9.